The van der Waals surface area contributed by atoms with Crippen LogP contribution >= 0.6 is 0 Å². The van der Waals surface area contributed by atoms with Crippen molar-refractivity contribution < 1.29 is 13.6 Å². The van der Waals surface area contributed by atoms with Crippen molar-refractivity contribution in [3.8, 4) is 11.1 Å². The average Bonchev–Trinajstić information content (AvgIpc) is 3.12. The highest BCUT2D eigenvalue weighted by Gasteiger charge is 2.13. The second-order valence-corrected chi connectivity index (χ2v) is 4.57. The zero-order valence-corrected chi connectivity index (χ0v) is 11.2. The van der Waals surface area contributed by atoms with Gasteiger partial charge in [-0.2, -0.15) is 19.0 Å². The lowest BCUT2D eigenvalue weighted by Crippen LogP contribution is -1.97. The standard InChI is InChI=1S/C14H12F2N4O/c1-2-13(21)11-6-18-19-7-9(3-4-12(11)19)10-5-17-20(8-10)14(15)16/h3-8,14H,2H2,1H3. The molecule has 3 aromatic rings. The van der Waals surface area contributed by atoms with E-state index in [-0.39, 0.29) is 5.78 Å². The van der Waals surface area contributed by atoms with Crippen LogP contribution in [0.15, 0.2) is 36.9 Å². The lowest BCUT2D eigenvalue weighted by Gasteiger charge is -2.01. The third-order valence-electron chi connectivity index (χ3n) is 3.27. The second-order valence-electron chi connectivity index (χ2n) is 4.57. The fourth-order valence-electron chi connectivity index (χ4n) is 2.15. The van der Waals surface area contributed by atoms with Crippen molar-refractivity contribution in [2.24, 2.45) is 0 Å². The molecule has 3 heterocycles. The molecule has 7 heteroatoms. The van der Waals surface area contributed by atoms with E-state index in [0.29, 0.717) is 33.3 Å². The smallest absolute Gasteiger partial charge is 0.294 e. The maximum Gasteiger partial charge on any atom is 0.333 e. The van der Waals surface area contributed by atoms with Crippen LogP contribution in [0.4, 0.5) is 8.78 Å². The van der Waals surface area contributed by atoms with Crippen LogP contribution in [-0.4, -0.2) is 25.2 Å². The van der Waals surface area contributed by atoms with Crippen molar-refractivity contribution in [1.82, 2.24) is 19.4 Å². The molecule has 21 heavy (non-hydrogen) atoms. The van der Waals surface area contributed by atoms with Crippen LogP contribution in [0, 0.1) is 0 Å². The van der Waals surface area contributed by atoms with E-state index in [0.717, 1.165) is 0 Å². The van der Waals surface area contributed by atoms with Gasteiger partial charge in [-0.1, -0.05) is 13.0 Å². The van der Waals surface area contributed by atoms with Gasteiger partial charge >= 0.3 is 6.55 Å². The first-order valence-electron chi connectivity index (χ1n) is 6.43. The molecule has 0 saturated heterocycles. The van der Waals surface area contributed by atoms with Crippen molar-refractivity contribution in [3.63, 3.8) is 0 Å². The maximum absolute atomic E-state index is 12.5. The van der Waals surface area contributed by atoms with Crippen LogP contribution in [0.2, 0.25) is 0 Å². The lowest BCUT2D eigenvalue weighted by atomic mass is 10.1. The quantitative estimate of drug-likeness (QED) is 0.693. The first kappa shape index (κ1) is 13.4. The first-order chi connectivity index (χ1) is 10.1. The van der Waals surface area contributed by atoms with Gasteiger partial charge in [0, 0.05) is 29.9 Å². The summed E-state index contributed by atoms with van der Waals surface area (Å²) in [5.41, 5.74) is 2.53. The molecule has 0 saturated carbocycles. The highest BCUT2D eigenvalue weighted by molar-refractivity contribution is 6.02. The number of nitrogens with zero attached hydrogens (tertiary/aromatic N) is 4. The summed E-state index contributed by atoms with van der Waals surface area (Å²) in [5.74, 6) is 0.0169. The predicted molar refractivity (Wildman–Crippen MR) is 72.3 cm³/mol. The van der Waals surface area contributed by atoms with Gasteiger partial charge in [-0.05, 0) is 6.07 Å². The van der Waals surface area contributed by atoms with Crippen molar-refractivity contribution in [2.45, 2.75) is 19.9 Å². The minimum atomic E-state index is -2.67. The minimum absolute atomic E-state index is 0.0169. The SMILES string of the molecule is CCC(=O)c1cnn2cc(-c3cnn(C(F)F)c3)ccc12. The number of ketones is 1. The molecule has 0 radical (unpaired) electrons. The summed E-state index contributed by atoms with van der Waals surface area (Å²) >= 11 is 0. The summed E-state index contributed by atoms with van der Waals surface area (Å²) in [5, 5.41) is 7.74. The molecule has 108 valence electrons. The van der Waals surface area contributed by atoms with Crippen LogP contribution in [0.3, 0.4) is 0 Å². The second kappa shape index (κ2) is 5.08. The van der Waals surface area contributed by atoms with Gasteiger partial charge in [-0.3, -0.25) is 4.79 Å². The molecule has 0 spiro atoms. The van der Waals surface area contributed by atoms with E-state index < -0.39 is 6.55 Å². The van der Waals surface area contributed by atoms with E-state index >= 15 is 0 Å². The molecule has 0 unspecified atom stereocenters. The Morgan fingerprint density at radius 3 is 2.67 bits per heavy atom. The molecule has 3 aromatic heterocycles. The third kappa shape index (κ3) is 2.31. The number of hydrogen-bond donors (Lipinski definition) is 0. The van der Waals surface area contributed by atoms with Gasteiger partial charge in [0.05, 0.1) is 23.5 Å². The summed E-state index contributed by atoms with van der Waals surface area (Å²) in [4.78, 5) is 11.8. The molecule has 0 aliphatic carbocycles. The first-order valence-corrected chi connectivity index (χ1v) is 6.43. The summed E-state index contributed by atoms with van der Waals surface area (Å²) in [7, 11) is 0. The Labute approximate surface area is 118 Å². The molecule has 0 N–H and O–H groups in total. The van der Waals surface area contributed by atoms with Gasteiger partial charge in [0.25, 0.3) is 0 Å². The van der Waals surface area contributed by atoms with E-state index in [1.807, 2.05) is 0 Å². The van der Waals surface area contributed by atoms with Gasteiger partial charge in [-0.25, -0.2) is 9.20 Å². The number of carbonyl (C=O) groups excluding carboxylic acids is 1. The fraction of sp³-hybridized carbons (Fsp3) is 0.214. The summed E-state index contributed by atoms with van der Waals surface area (Å²) in [6.45, 7) is -0.875. The molecule has 0 amide bonds. The molecule has 0 fully saturated rings. The van der Waals surface area contributed by atoms with E-state index in [2.05, 4.69) is 10.2 Å². The van der Waals surface area contributed by atoms with E-state index in [9.17, 15) is 13.6 Å². The monoisotopic (exact) mass is 290 g/mol. The molecule has 3 rings (SSSR count). The van der Waals surface area contributed by atoms with Crippen LogP contribution in [0.25, 0.3) is 16.6 Å². The Bertz CT molecular complexity index is 806. The Morgan fingerprint density at radius 2 is 2.00 bits per heavy atom. The zero-order chi connectivity index (χ0) is 15.0. The molecule has 0 bridgehead atoms. The van der Waals surface area contributed by atoms with Crippen LogP contribution in [0.1, 0.15) is 30.3 Å². The van der Waals surface area contributed by atoms with Crippen LogP contribution < -0.4 is 0 Å². The van der Waals surface area contributed by atoms with E-state index in [1.165, 1.54) is 18.6 Å². The zero-order valence-electron chi connectivity index (χ0n) is 11.2. The van der Waals surface area contributed by atoms with E-state index in [1.54, 1.807) is 29.8 Å². The number of pyridine rings is 1. The molecular formula is C14H12F2N4O. The highest BCUT2D eigenvalue weighted by Crippen LogP contribution is 2.23. The van der Waals surface area contributed by atoms with Crippen molar-refractivity contribution in [1.29, 1.82) is 0 Å². The van der Waals surface area contributed by atoms with Crippen LogP contribution in [0.5, 0.6) is 0 Å². The number of fused-ring (bicyclic) bond motifs is 1. The van der Waals surface area contributed by atoms with Gasteiger partial charge < -0.3 is 0 Å². The van der Waals surface area contributed by atoms with Crippen LogP contribution in [-0.2, 0) is 0 Å². The normalized spacial score (nSPS) is 11.4. The average molecular weight is 290 g/mol. The van der Waals surface area contributed by atoms with Gasteiger partial charge in [-0.15, -0.1) is 0 Å². The number of halogens is 2. The van der Waals surface area contributed by atoms with Crippen molar-refractivity contribution in [3.05, 3.63) is 42.5 Å². The fourth-order valence-corrected chi connectivity index (χ4v) is 2.15. The third-order valence-corrected chi connectivity index (χ3v) is 3.27. The van der Waals surface area contributed by atoms with Gasteiger partial charge in [0.2, 0.25) is 0 Å². The molecule has 0 aliphatic heterocycles. The molecule has 5 nitrogen and oxygen atoms in total. The van der Waals surface area contributed by atoms with Gasteiger partial charge in [0.15, 0.2) is 5.78 Å². The Morgan fingerprint density at radius 1 is 1.19 bits per heavy atom. The Kier molecular flexibility index (Phi) is 3.25. The molecule has 0 aromatic carbocycles. The van der Waals surface area contributed by atoms with E-state index in [4.69, 9.17) is 0 Å². The largest absolute Gasteiger partial charge is 0.333 e. The molecule has 0 atom stereocenters. The summed E-state index contributed by atoms with van der Waals surface area (Å²) in [6.07, 6.45) is 6.26. The number of hydrogen-bond acceptors (Lipinski definition) is 3. The Hall–Kier alpha value is -2.57. The number of carbonyl (C=O) groups is 1. The minimum Gasteiger partial charge on any atom is -0.294 e. The number of rotatable bonds is 4. The maximum atomic E-state index is 12.5. The summed E-state index contributed by atoms with van der Waals surface area (Å²) in [6, 6.07) is 3.52. The number of aromatic nitrogens is 4. The number of alkyl halides is 2. The topological polar surface area (TPSA) is 52.2 Å². The van der Waals surface area contributed by atoms with Crippen molar-refractivity contribution >= 4 is 11.3 Å². The van der Waals surface area contributed by atoms with Crippen molar-refractivity contribution in [2.75, 3.05) is 0 Å². The van der Waals surface area contributed by atoms with Gasteiger partial charge in [0.1, 0.15) is 0 Å². The molecule has 0 aliphatic rings. The summed E-state index contributed by atoms with van der Waals surface area (Å²) < 4.78 is 27.2. The highest BCUT2D eigenvalue weighted by atomic mass is 19.3. The lowest BCUT2D eigenvalue weighted by molar-refractivity contribution is 0.0566. The Balaban J connectivity index is 2.03. The predicted octanol–water partition coefficient (Wildman–Crippen LogP) is 3.19. The molecular weight excluding hydrogens is 278 g/mol. The number of Topliss-reactive ketones (excluding diaryl/α,β-unsaturated/α-hetero) is 1.